The molecule has 0 bridgehead atoms. The third-order valence-corrected chi connectivity index (χ3v) is 4.77. The number of rotatable bonds is 3. The van der Waals surface area contributed by atoms with Crippen molar-refractivity contribution in [2.24, 2.45) is 0 Å². The molecule has 1 unspecified atom stereocenters. The first-order chi connectivity index (χ1) is 10.1. The highest BCUT2D eigenvalue weighted by molar-refractivity contribution is 9.10. The Morgan fingerprint density at radius 3 is 2.52 bits per heavy atom. The zero-order valence-electron chi connectivity index (χ0n) is 11.2. The lowest BCUT2D eigenvalue weighted by Crippen LogP contribution is -1.98. The van der Waals surface area contributed by atoms with E-state index in [2.05, 4.69) is 46.3 Å². The smallest absolute Gasteiger partial charge is 0.137 e. The summed E-state index contributed by atoms with van der Waals surface area (Å²) in [5.41, 5.74) is 1.93. The van der Waals surface area contributed by atoms with E-state index >= 15 is 0 Å². The van der Waals surface area contributed by atoms with Gasteiger partial charge in [-0.2, -0.15) is 0 Å². The Morgan fingerprint density at radius 1 is 0.952 bits per heavy atom. The summed E-state index contributed by atoms with van der Waals surface area (Å²) >= 11 is 9.75. The molecular formula is C18H13BrClF. The number of alkyl halides is 1. The number of hydrogen-bond donors (Lipinski definition) is 0. The van der Waals surface area contributed by atoms with Gasteiger partial charge in [-0.15, -0.1) is 11.6 Å². The van der Waals surface area contributed by atoms with Gasteiger partial charge in [-0.05, 0) is 50.3 Å². The van der Waals surface area contributed by atoms with E-state index in [-0.39, 0.29) is 11.2 Å². The lowest BCUT2D eigenvalue weighted by molar-refractivity contribution is 0.617. The highest BCUT2D eigenvalue weighted by Crippen LogP contribution is 2.33. The van der Waals surface area contributed by atoms with Gasteiger partial charge in [0.15, 0.2) is 0 Å². The summed E-state index contributed by atoms with van der Waals surface area (Å²) in [4.78, 5) is 0. The largest absolute Gasteiger partial charge is 0.206 e. The average Bonchev–Trinajstić information content (AvgIpc) is 2.50. The van der Waals surface area contributed by atoms with Crippen LogP contribution in [0, 0.1) is 5.82 Å². The van der Waals surface area contributed by atoms with Crippen LogP contribution >= 0.6 is 27.5 Å². The van der Waals surface area contributed by atoms with Gasteiger partial charge in [-0.25, -0.2) is 4.39 Å². The minimum atomic E-state index is -0.281. The molecule has 0 saturated carbocycles. The predicted molar refractivity (Wildman–Crippen MR) is 90.3 cm³/mol. The lowest BCUT2D eigenvalue weighted by atomic mass is 10.0. The van der Waals surface area contributed by atoms with Crippen molar-refractivity contribution >= 4 is 38.3 Å². The van der Waals surface area contributed by atoms with Crippen molar-refractivity contribution in [3.63, 3.8) is 0 Å². The third kappa shape index (κ3) is 3.12. The summed E-state index contributed by atoms with van der Waals surface area (Å²) in [5, 5.41) is 2.13. The Bertz CT molecular complexity index is 785. The van der Waals surface area contributed by atoms with E-state index in [1.165, 1.54) is 16.8 Å². The zero-order chi connectivity index (χ0) is 14.8. The van der Waals surface area contributed by atoms with Gasteiger partial charge in [0.2, 0.25) is 0 Å². The van der Waals surface area contributed by atoms with Crippen molar-refractivity contribution in [1.29, 1.82) is 0 Å². The number of hydrogen-bond acceptors (Lipinski definition) is 0. The minimum Gasteiger partial charge on any atom is -0.206 e. The molecule has 3 aromatic rings. The van der Waals surface area contributed by atoms with E-state index in [9.17, 15) is 4.39 Å². The molecule has 0 aliphatic heterocycles. The normalized spacial score (nSPS) is 12.5. The van der Waals surface area contributed by atoms with E-state index in [1.54, 1.807) is 6.07 Å². The second-order valence-electron chi connectivity index (χ2n) is 5.00. The van der Waals surface area contributed by atoms with Gasteiger partial charge < -0.3 is 0 Å². The molecule has 0 saturated heterocycles. The van der Waals surface area contributed by atoms with Crippen LogP contribution in [-0.2, 0) is 6.42 Å². The molecule has 0 nitrogen and oxygen atoms in total. The maximum atomic E-state index is 13.6. The van der Waals surface area contributed by atoms with Crippen LogP contribution in [0.4, 0.5) is 4.39 Å². The van der Waals surface area contributed by atoms with Crippen LogP contribution in [0.25, 0.3) is 10.8 Å². The third-order valence-electron chi connectivity index (χ3n) is 3.55. The van der Waals surface area contributed by atoms with Crippen LogP contribution in [0.15, 0.2) is 65.1 Å². The van der Waals surface area contributed by atoms with Crippen molar-refractivity contribution < 1.29 is 4.39 Å². The van der Waals surface area contributed by atoms with Crippen LogP contribution < -0.4 is 0 Å². The van der Waals surface area contributed by atoms with Crippen LogP contribution in [0.5, 0.6) is 0 Å². The molecule has 0 fully saturated rings. The van der Waals surface area contributed by atoms with Gasteiger partial charge >= 0.3 is 0 Å². The molecule has 0 N–H and O–H groups in total. The molecule has 0 spiro atoms. The van der Waals surface area contributed by atoms with Crippen LogP contribution in [0.2, 0.25) is 0 Å². The number of benzene rings is 3. The first-order valence-electron chi connectivity index (χ1n) is 6.71. The number of fused-ring (bicyclic) bond motifs is 1. The van der Waals surface area contributed by atoms with Gasteiger partial charge in [0.1, 0.15) is 5.82 Å². The van der Waals surface area contributed by atoms with Gasteiger partial charge in [-0.1, -0.05) is 54.6 Å². The van der Waals surface area contributed by atoms with Crippen molar-refractivity contribution in [3.05, 3.63) is 82.1 Å². The molecular weight excluding hydrogens is 351 g/mol. The standard InChI is InChI=1S/C18H13BrClF/c19-18-15(6-3-7-17(18)21)16(20)11-12-8-9-13-4-1-2-5-14(13)10-12/h1-10,16H,11H2. The second kappa shape index (κ2) is 6.17. The summed E-state index contributed by atoms with van der Waals surface area (Å²) in [6.07, 6.45) is 0.661. The fourth-order valence-corrected chi connectivity index (χ4v) is 3.48. The van der Waals surface area contributed by atoms with Crippen molar-refractivity contribution in [1.82, 2.24) is 0 Å². The van der Waals surface area contributed by atoms with E-state index in [0.29, 0.717) is 10.9 Å². The maximum Gasteiger partial charge on any atom is 0.137 e. The maximum absolute atomic E-state index is 13.6. The number of halogens is 3. The monoisotopic (exact) mass is 362 g/mol. The van der Waals surface area contributed by atoms with Crippen LogP contribution in [0.1, 0.15) is 16.5 Å². The Kier molecular flexibility index (Phi) is 4.27. The van der Waals surface area contributed by atoms with Gasteiger partial charge in [-0.3, -0.25) is 0 Å². The molecule has 0 aliphatic rings. The molecule has 3 rings (SSSR count). The van der Waals surface area contributed by atoms with E-state index < -0.39 is 0 Å². The van der Waals surface area contributed by atoms with E-state index in [1.807, 2.05) is 18.2 Å². The molecule has 0 aromatic heterocycles. The lowest BCUT2D eigenvalue weighted by Gasteiger charge is -2.13. The Hall–Kier alpha value is -1.38. The summed E-state index contributed by atoms with van der Waals surface area (Å²) in [6.45, 7) is 0. The molecule has 21 heavy (non-hydrogen) atoms. The Morgan fingerprint density at radius 2 is 1.71 bits per heavy atom. The van der Waals surface area contributed by atoms with Gasteiger partial charge in [0, 0.05) is 0 Å². The topological polar surface area (TPSA) is 0 Å². The fourth-order valence-electron chi connectivity index (χ4n) is 2.45. The Labute approximate surface area is 136 Å². The highest BCUT2D eigenvalue weighted by Gasteiger charge is 2.15. The fraction of sp³-hybridized carbons (Fsp3) is 0.111. The van der Waals surface area contributed by atoms with Crippen molar-refractivity contribution in [3.8, 4) is 0 Å². The minimum absolute atomic E-state index is 0.267. The van der Waals surface area contributed by atoms with Crippen LogP contribution in [-0.4, -0.2) is 0 Å². The summed E-state index contributed by atoms with van der Waals surface area (Å²) < 4.78 is 14.0. The zero-order valence-corrected chi connectivity index (χ0v) is 13.5. The molecule has 0 aliphatic carbocycles. The Balaban J connectivity index is 1.89. The predicted octanol–water partition coefficient (Wildman–Crippen LogP) is 6.26. The van der Waals surface area contributed by atoms with Gasteiger partial charge in [0.05, 0.1) is 9.85 Å². The second-order valence-corrected chi connectivity index (χ2v) is 6.32. The van der Waals surface area contributed by atoms with E-state index in [0.717, 1.165) is 11.1 Å². The molecule has 106 valence electrons. The van der Waals surface area contributed by atoms with Crippen LogP contribution in [0.3, 0.4) is 0 Å². The van der Waals surface area contributed by atoms with E-state index in [4.69, 9.17) is 11.6 Å². The molecule has 0 heterocycles. The summed E-state index contributed by atoms with van der Waals surface area (Å²) in [5.74, 6) is -0.281. The highest BCUT2D eigenvalue weighted by atomic mass is 79.9. The summed E-state index contributed by atoms with van der Waals surface area (Å²) in [7, 11) is 0. The first-order valence-corrected chi connectivity index (χ1v) is 7.94. The first kappa shape index (κ1) is 14.6. The van der Waals surface area contributed by atoms with Crippen molar-refractivity contribution in [2.75, 3.05) is 0 Å². The van der Waals surface area contributed by atoms with Crippen molar-refractivity contribution in [2.45, 2.75) is 11.8 Å². The quantitative estimate of drug-likeness (QED) is 0.481. The average molecular weight is 364 g/mol. The SMILES string of the molecule is Fc1cccc(C(Cl)Cc2ccc3ccccc3c2)c1Br. The molecule has 3 aromatic carbocycles. The molecule has 1 atom stereocenters. The molecule has 3 heteroatoms. The molecule has 0 radical (unpaired) electrons. The van der Waals surface area contributed by atoms with Gasteiger partial charge in [0.25, 0.3) is 0 Å². The molecule has 0 amide bonds. The summed E-state index contributed by atoms with van der Waals surface area (Å²) in [6, 6.07) is 19.5.